The molecule has 2 aromatic rings. The number of anilines is 1. The van der Waals surface area contributed by atoms with Crippen molar-refractivity contribution in [1.82, 2.24) is 19.7 Å². The molecule has 0 saturated carbocycles. The van der Waals surface area contributed by atoms with Crippen molar-refractivity contribution in [2.45, 2.75) is 6.42 Å². The second-order valence-corrected chi connectivity index (χ2v) is 4.66. The maximum absolute atomic E-state index is 11.6. The summed E-state index contributed by atoms with van der Waals surface area (Å²) >= 11 is 0. The molecule has 1 fully saturated rings. The van der Waals surface area contributed by atoms with Gasteiger partial charge in [0.15, 0.2) is 5.65 Å². The fourth-order valence-electron chi connectivity index (χ4n) is 2.51. The molecule has 1 aliphatic rings. The van der Waals surface area contributed by atoms with Crippen LogP contribution in [0.25, 0.3) is 11.0 Å². The normalized spacial score (nSPS) is 19.1. The summed E-state index contributed by atoms with van der Waals surface area (Å²) in [6.45, 7) is 1.43. The van der Waals surface area contributed by atoms with Gasteiger partial charge in [0.25, 0.3) is 0 Å². The molecular formula is C12H15N5O2. The average Bonchev–Trinajstić information content (AvgIpc) is 3.05. The number of ether oxygens (including phenoxy) is 1. The number of aryl methyl sites for hydroxylation is 1. The lowest BCUT2D eigenvalue weighted by Crippen LogP contribution is -2.24. The summed E-state index contributed by atoms with van der Waals surface area (Å²) in [7, 11) is 3.27. The van der Waals surface area contributed by atoms with Crippen molar-refractivity contribution >= 4 is 22.8 Å². The number of aromatic nitrogens is 4. The minimum atomic E-state index is -0.154. The van der Waals surface area contributed by atoms with Crippen LogP contribution in [0.1, 0.15) is 6.42 Å². The Balaban J connectivity index is 1.92. The average molecular weight is 261 g/mol. The largest absolute Gasteiger partial charge is 0.469 e. The molecule has 0 N–H and O–H groups in total. The van der Waals surface area contributed by atoms with E-state index in [4.69, 9.17) is 4.74 Å². The molecule has 2 aromatic heterocycles. The fraction of sp³-hybridized carbons (Fsp3) is 0.500. The highest BCUT2D eigenvalue weighted by Gasteiger charge is 2.30. The van der Waals surface area contributed by atoms with E-state index in [1.54, 1.807) is 10.9 Å². The lowest BCUT2D eigenvalue weighted by molar-refractivity contribution is -0.144. The number of carbonyl (C=O) groups is 1. The Morgan fingerprint density at radius 2 is 2.32 bits per heavy atom. The lowest BCUT2D eigenvalue weighted by atomic mass is 10.1. The van der Waals surface area contributed by atoms with Crippen LogP contribution in [0.5, 0.6) is 0 Å². The van der Waals surface area contributed by atoms with Gasteiger partial charge in [0, 0.05) is 20.1 Å². The summed E-state index contributed by atoms with van der Waals surface area (Å²) in [6, 6.07) is 0. The number of nitrogens with zero attached hydrogens (tertiary/aromatic N) is 5. The second kappa shape index (κ2) is 4.49. The molecule has 0 spiro atoms. The highest BCUT2D eigenvalue weighted by Crippen LogP contribution is 2.27. The Bertz CT molecular complexity index is 624. The van der Waals surface area contributed by atoms with E-state index in [2.05, 4.69) is 20.0 Å². The Kier molecular flexibility index (Phi) is 2.81. The van der Waals surface area contributed by atoms with E-state index < -0.39 is 0 Å². The predicted molar refractivity (Wildman–Crippen MR) is 68.6 cm³/mol. The molecule has 1 atom stereocenters. The van der Waals surface area contributed by atoms with Crippen LogP contribution in [0.3, 0.4) is 0 Å². The monoisotopic (exact) mass is 261 g/mol. The van der Waals surface area contributed by atoms with Gasteiger partial charge in [0.2, 0.25) is 0 Å². The van der Waals surface area contributed by atoms with Crippen LogP contribution in [0.4, 0.5) is 5.82 Å². The molecular weight excluding hydrogens is 246 g/mol. The van der Waals surface area contributed by atoms with Crippen molar-refractivity contribution in [3.05, 3.63) is 12.5 Å². The van der Waals surface area contributed by atoms with Crippen LogP contribution in [-0.4, -0.2) is 45.9 Å². The molecule has 0 aliphatic carbocycles. The summed E-state index contributed by atoms with van der Waals surface area (Å²) in [5, 5.41) is 5.11. The van der Waals surface area contributed by atoms with E-state index in [9.17, 15) is 4.79 Å². The van der Waals surface area contributed by atoms with Crippen molar-refractivity contribution in [2.24, 2.45) is 13.0 Å². The summed E-state index contributed by atoms with van der Waals surface area (Å²) < 4.78 is 6.51. The van der Waals surface area contributed by atoms with Gasteiger partial charge in [-0.25, -0.2) is 9.97 Å². The Hall–Kier alpha value is -2.18. The van der Waals surface area contributed by atoms with Crippen LogP contribution in [0.2, 0.25) is 0 Å². The molecule has 0 aromatic carbocycles. The molecule has 19 heavy (non-hydrogen) atoms. The molecule has 1 saturated heterocycles. The number of fused-ring (bicyclic) bond motifs is 1. The zero-order valence-electron chi connectivity index (χ0n) is 10.9. The van der Waals surface area contributed by atoms with Gasteiger partial charge in [0.05, 0.1) is 24.6 Å². The van der Waals surface area contributed by atoms with Gasteiger partial charge < -0.3 is 9.64 Å². The first-order valence-corrected chi connectivity index (χ1v) is 6.16. The summed E-state index contributed by atoms with van der Waals surface area (Å²) in [6.07, 6.45) is 4.08. The van der Waals surface area contributed by atoms with Gasteiger partial charge in [-0.3, -0.25) is 9.48 Å². The van der Waals surface area contributed by atoms with E-state index in [-0.39, 0.29) is 11.9 Å². The smallest absolute Gasteiger partial charge is 0.310 e. The highest BCUT2D eigenvalue weighted by atomic mass is 16.5. The van der Waals surface area contributed by atoms with Crippen LogP contribution in [0, 0.1) is 5.92 Å². The SMILES string of the molecule is COC(=O)C1CCN(c2ncnc3c2cnn3C)C1. The predicted octanol–water partition coefficient (Wildman–Crippen LogP) is 0.363. The van der Waals surface area contributed by atoms with Crippen molar-refractivity contribution in [3.63, 3.8) is 0 Å². The lowest BCUT2D eigenvalue weighted by Gasteiger charge is -2.17. The Morgan fingerprint density at radius 1 is 1.47 bits per heavy atom. The molecule has 1 unspecified atom stereocenters. The molecule has 3 heterocycles. The van der Waals surface area contributed by atoms with Gasteiger partial charge in [-0.1, -0.05) is 0 Å². The van der Waals surface area contributed by atoms with Gasteiger partial charge in [-0.2, -0.15) is 5.10 Å². The quantitative estimate of drug-likeness (QED) is 0.727. The van der Waals surface area contributed by atoms with Gasteiger partial charge >= 0.3 is 5.97 Å². The van der Waals surface area contributed by atoms with E-state index >= 15 is 0 Å². The maximum atomic E-state index is 11.6. The van der Waals surface area contributed by atoms with Crippen LogP contribution < -0.4 is 4.90 Å². The molecule has 0 amide bonds. The van der Waals surface area contributed by atoms with Gasteiger partial charge in [-0.05, 0) is 6.42 Å². The first-order valence-electron chi connectivity index (χ1n) is 6.16. The summed E-state index contributed by atoms with van der Waals surface area (Å²) in [5.74, 6) is 0.607. The van der Waals surface area contributed by atoms with Crippen molar-refractivity contribution in [1.29, 1.82) is 0 Å². The van der Waals surface area contributed by atoms with Crippen LogP contribution in [0.15, 0.2) is 12.5 Å². The molecule has 0 radical (unpaired) electrons. The maximum Gasteiger partial charge on any atom is 0.310 e. The zero-order chi connectivity index (χ0) is 13.4. The van der Waals surface area contributed by atoms with Gasteiger partial charge in [-0.15, -0.1) is 0 Å². The Morgan fingerprint density at radius 3 is 3.11 bits per heavy atom. The fourth-order valence-corrected chi connectivity index (χ4v) is 2.51. The number of esters is 1. The van der Waals surface area contributed by atoms with E-state index in [0.717, 1.165) is 29.8 Å². The van der Waals surface area contributed by atoms with Crippen LogP contribution >= 0.6 is 0 Å². The highest BCUT2D eigenvalue weighted by molar-refractivity contribution is 5.87. The van der Waals surface area contributed by atoms with E-state index in [1.807, 2.05) is 7.05 Å². The number of hydrogen-bond acceptors (Lipinski definition) is 6. The second-order valence-electron chi connectivity index (χ2n) is 4.66. The van der Waals surface area contributed by atoms with Gasteiger partial charge in [0.1, 0.15) is 12.1 Å². The molecule has 100 valence electrons. The third-order valence-electron chi connectivity index (χ3n) is 3.53. The number of hydrogen-bond donors (Lipinski definition) is 0. The number of carbonyl (C=O) groups excluding carboxylic acids is 1. The zero-order valence-corrected chi connectivity index (χ0v) is 10.9. The third-order valence-corrected chi connectivity index (χ3v) is 3.53. The van der Waals surface area contributed by atoms with Crippen molar-refractivity contribution < 1.29 is 9.53 Å². The first kappa shape index (κ1) is 11.9. The summed E-state index contributed by atoms with van der Waals surface area (Å²) in [4.78, 5) is 22.2. The van der Waals surface area contributed by atoms with Crippen molar-refractivity contribution in [3.8, 4) is 0 Å². The standard InChI is InChI=1S/C12H15N5O2/c1-16-10-9(5-15-16)11(14-7-13-10)17-4-3-8(6-17)12(18)19-2/h5,7-8H,3-4,6H2,1-2H3. The third kappa shape index (κ3) is 1.91. The number of methoxy groups -OCH3 is 1. The Labute approximate surface area is 110 Å². The van der Waals surface area contributed by atoms with Crippen molar-refractivity contribution in [2.75, 3.05) is 25.1 Å². The molecule has 7 heteroatoms. The molecule has 7 nitrogen and oxygen atoms in total. The topological polar surface area (TPSA) is 73.1 Å². The van der Waals surface area contributed by atoms with E-state index in [0.29, 0.717) is 6.54 Å². The first-order chi connectivity index (χ1) is 9.20. The van der Waals surface area contributed by atoms with Crippen LogP contribution in [-0.2, 0) is 16.6 Å². The van der Waals surface area contributed by atoms with E-state index in [1.165, 1.54) is 13.4 Å². The minimum absolute atomic E-state index is 0.0771. The number of rotatable bonds is 2. The molecule has 1 aliphatic heterocycles. The summed E-state index contributed by atoms with van der Waals surface area (Å²) in [5.41, 5.74) is 0.798. The molecule has 0 bridgehead atoms. The molecule has 3 rings (SSSR count). The minimum Gasteiger partial charge on any atom is -0.469 e.